The minimum Gasteiger partial charge on any atom is -0.322 e. The summed E-state index contributed by atoms with van der Waals surface area (Å²) in [6.45, 7) is 0. The van der Waals surface area contributed by atoms with E-state index < -0.39 is 18.0 Å². The summed E-state index contributed by atoms with van der Waals surface area (Å²) in [4.78, 5) is 22.0. The fraction of sp³-hybridized carbons (Fsp3) is 0.111. The molecule has 1 atom stereocenters. The maximum Gasteiger partial charge on any atom is 0.322 e. The third kappa shape index (κ3) is 1.44. The van der Waals surface area contributed by atoms with E-state index in [0.29, 0.717) is 5.56 Å². The van der Waals surface area contributed by atoms with Gasteiger partial charge in [-0.1, -0.05) is 12.1 Å². The zero-order valence-electron chi connectivity index (χ0n) is 7.08. The zero-order valence-corrected chi connectivity index (χ0v) is 7.08. The molecule has 0 aromatic heterocycles. The lowest BCUT2D eigenvalue weighted by Gasteiger charge is -2.06. The second-order valence-electron chi connectivity index (χ2n) is 2.95. The first-order chi connectivity index (χ1) is 6.66. The molecule has 1 aromatic rings. The Labute approximate surface area is 79.1 Å². The van der Waals surface area contributed by atoms with Gasteiger partial charge >= 0.3 is 6.03 Å². The van der Waals surface area contributed by atoms with Gasteiger partial charge in [0.05, 0.1) is 0 Å². The maximum absolute atomic E-state index is 12.6. The minimum atomic E-state index is -0.705. The molecule has 0 aliphatic carbocycles. The van der Waals surface area contributed by atoms with Crippen molar-refractivity contribution in [2.24, 2.45) is 0 Å². The van der Waals surface area contributed by atoms with Crippen LogP contribution in [0.4, 0.5) is 9.18 Å². The van der Waals surface area contributed by atoms with Crippen LogP contribution in [0.1, 0.15) is 11.6 Å². The zero-order chi connectivity index (χ0) is 10.1. The molecule has 4 nitrogen and oxygen atoms in total. The van der Waals surface area contributed by atoms with Crippen LogP contribution in [0, 0.1) is 5.82 Å². The first-order valence-electron chi connectivity index (χ1n) is 4.03. The number of amides is 3. The predicted octanol–water partition coefficient (Wildman–Crippen LogP) is 0.706. The van der Waals surface area contributed by atoms with Crippen LogP contribution < -0.4 is 10.6 Å². The summed E-state index contributed by atoms with van der Waals surface area (Å²) in [7, 11) is 0. The molecule has 1 aliphatic heterocycles. The van der Waals surface area contributed by atoms with Crippen molar-refractivity contribution in [2.75, 3.05) is 0 Å². The van der Waals surface area contributed by atoms with E-state index in [4.69, 9.17) is 0 Å². The highest BCUT2D eigenvalue weighted by Crippen LogP contribution is 2.16. The first kappa shape index (κ1) is 8.68. The molecule has 2 rings (SSSR count). The van der Waals surface area contributed by atoms with Crippen molar-refractivity contribution in [3.8, 4) is 0 Å². The molecule has 1 aliphatic rings. The predicted molar refractivity (Wildman–Crippen MR) is 45.8 cm³/mol. The number of imide groups is 1. The van der Waals surface area contributed by atoms with E-state index in [9.17, 15) is 14.0 Å². The molecule has 0 spiro atoms. The van der Waals surface area contributed by atoms with Gasteiger partial charge in [0.2, 0.25) is 0 Å². The van der Waals surface area contributed by atoms with Gasteiger partial charge in [-0.15, -0.1) is 0 Å². The van der Waals surface area contributed by atoms with Crippen LogP contribution in [0.2, 0.25) is 0 Å². The van der Waals surface area contributed by atoms with Crippen molar-refractivity contribution in [3.63, 3.8) is 0 Å². The van der Waals surface area contributed by atoms with Gasteiger partial charge in [0.1, 0.15) is 11.9 Å². The lowest BCUT2D eigenvalue weighted by molar-refractivity contribution is -0.120. The van der Waals surface area contributed by atoms with Crippen molar-refractivity contribution >= 4 is 11.9 Å². The Bertz CT molecular complexity index is 388. The fourth-order valence-corrected chi connectivity index (χ4v) is 1.31. The van der Waals surface area contributed by atoms with Gasteiger partial charge in [0.25, 0.3) is 5.91 Å². The number of urea groups is 1. The van der Waals surface area contributed by atoms with E-state index in [2.05, 4.69) is 10.6 Å². The highest BCUT2D eigenvalue weighted by atomic mass is 19.1. The van der Waals surface area contributed by atoms with Gasteiger partial charge in [-0.05, 0) is 17.7 Å². The van der Waals surface area contributed by atoms with E-state index in [0.717, 1.165) is 0 Å². The first-order valence-corrected chi connectivity index (χ1v) is 4.03. The number of carbonyl (C=O) groups excluding carboxylic acids is 2. The molecule has 1 fully saturated rings. The van der Waals surface area contributed by atoms with Crippen molar-refractivity contribution < 1.29 is 14.0 Å². The van der Waals surface area contributed by atoms with Crippen LogP contribution in [0.15, 0.2) is 24.3 Å². The molecule has 0 saturated carbocycles. The van der Waals surface area contributed by atoms with Gasteiger partial charge < -0.3 is 5.32 Å². The van der Waals surface area contributed by atoms with Gasteiger partial charge in [-0.25, -0.2) is 9.18 Å². The van der Waals surface area contributed by atoms with Gasteiger partial charge in [-0.3, -0.25) is 10.1 Å². The standard InChI is InChI=1S/C9H7FN2O2/c10-6-3-1-5(2-4-6)7-8(13)12-9(14)11-7/h1-4,7H,(H2,11,12,13,14)/t7-/m0/s1. The Morgan fingerprint density at radius 3 is 2.29 bits per heavy atom. The van der Waals surface area contributed by atoms with Gasteiger partial charge in [0.15, 0.2) is 0 Å². The topological polar surface area (TPSA) is 58.2 Å². The lowest BCUT2D eigenvalue weighted by Crippen LogP contribution is -2.22. The third-order valence-corrected chi connectivity index (χ3v) is 1.98. The molecule has 0 unspecified atom stereocenters. The Morgan fingerprint density at radius 1 is 1.14 bits per heavy atom. The number of rotatable bonds is 1. The van der Waals surface area contributed by atoms with Crippen molar-refractivity contribution in [1.82, 2.24) is 10.6 Å². The van der Waals surface area contributed by atoms with Gasteiger partial charge in [-0.2, -0.15) is 0 Å². The van der Waals surface area contributed by atoms with E-state index >= 15 is 0 Å². The molecule has 1 heterocycles. The molecule has 1 aromatic carbocycles. The Balaban J connectivity index is 2.27. The maximum atomic E-state index is 12.6. The summed E-state index contributed by atoms with van der Waals surface area (Å²) >= 11 is 0. The Hall–Kier alpha value is -1.91. The molecule has 5 heteroatoms. The monoisotopic (exact) mass is 194 g/mol. The Morgan fingerprint density at radius 2 is 1.79 bits per heavy atom. The summed E-state index contributed by atoms with van der Waals surface area (Å²) in [6.07, 6.45) is 0. The minimum absolute atomic E-state index is 0.376. The van der Waals surface area contributed by atoms with Crippen molar-refractivity contribution in [2.45, 2.75) is 6.04 Å². The summed E-state index contributed by atoms with van der Waals surface area (Å²) in [6, 6.07) is 4.18. The molecule has 0 bridgehead atoms. The van der Waals surface area contributed by atoms with Crippen LogP contribution in [0.3, 0.4) is 0 Å². The summed E-state index contributed by atoms with van der Waals surface area (Å²) in [5.41, 5.74) is 0.565. The smallest absolute Gasteiger partial charge is 0.322 e. The van der Waals surface area contributed by atoms with Crippen LogP contribution in [0.5, 0.6) is 0 Å². The average Bonchev–Trinajstić information content (AvgIpc) is 2.47. The van der Waals surface area contributed by atoms with Crippen LogP contribution in [-0.2, 0) is 4.79 Å². The van der Waals surface area contributed by atoms with Crippen LogP contribution in [0.25, 0.3) is 0 Å². The summed E-state index contributed by atoms with van der Waals surface area (Å²) < 4.78 is 12.6. The number of carbonyl (C=O) groups is 2. The fourth-order valence-electron chi connectivity index (χ4n) is 1.31. The number of benzene rings is 1. The second-order valence-corrected chi connectivity index (χ2v) is 2.95. The SMILES string of the molecule is O=C1NC(=O)[C@H](c2ccc(F)cc2)N1. The van der Waals surface area contributed by atoms with E-state index in [1.54, 1.807) is 0 Å². The van der Waals surface area contributed by atoms with E-state index in [1.807, 2.05) is 0 Å². The van der Waals surface area contributed by atoms with Crippen LogP contribution in [-0.4, -0.2) is 11.9 Å². The average molecular weight is 194 g/mol. The molecule has 0 radical (unpaired) electrons. The normalized spacial score (nSPS) is 20.5. The Kier molecular flexibility index (Phi) is 1.92. The van der Waals surface area contributed by atoms with Crippen molar-refractivity contribution in [1.29, 1.82) is 0 Å². The summed E-state index contributed by atoms with van der Waals surface area (Å²) in [5, 5.41) is 4.51. The molecule has 14 heavy (non-hydrogen) atoms. The largest absolute Gasteiger partial charge is 0.322 e. The molecular formula is C9H7FN2O2. The molecule has 72 valence electrons. The van der Waals surface area contributed by atoms with Crippen LogP contribution >= 0.6 is 0 Å². The number of hydrogen-bond acceptors (Lipinski definition) is 2. The third-order valence-electron chi connectivity index (χ3n) is 1.98. The number of halogens is 1. The highest BCUT2D eigenvalue weighted by Gasteiger charge is 2.30. The van der Waals surface area contributed by atoms with Gasteiger partial charge in [0, 0.05) is 0 Å². The summed E-state index contributed by atoms with van der Waals surface area (Å²) in [5.74, 6) is -0.792. The molecule has 3 amide bonds. The highest BCUT2D eigenvalue weighted by molar-refractivity contribution is 6.04. The van der Waals surface area contributed by atoms with E-state index in [-0.39, 0.29) is 5.82 Å². The number of hydrogen-bond donors (Lipinski definition) is 2. The molecule has 1 saturated heterocycles. The quantitative estimate of drug-likeness (QED) is 0.647. The number of nitrogens with one attached hydrogen (secondary N) is 2. The molecule has 2 N–H and O–H groups in total. The van der Waals surface area contributed by atoms with E-state index in [1.165, 1.54) is 24.3 Å². The molecular weight excluding hydrogens is 187 g/mol. The second kappa shape index (κ2) is 3.10. The lowest BCUT2D eigenvalue weighted by atomic mass is 10.1. The van der Waals surface area contributed by atoms with Crippen molar-refractivity contribution in [3.05, 3.63) is 35.6 Å².